The summed E-state index contributed by atoms with van der Waals surface area (Å²) in [5.41, 5.74) is 5.27. The lowest BCUT2D eigenvalue weighted by atomic mass is 10.1. The minimum absolute atomic E-state index is 0.126. The quantitative estimate of drug-likeness (QED) is 0.417. The van der Waals surface area contributed by atoms with Crippen LogP contribution in [0.4, 0.5) is 5.69 Å². The maximum absolute atomic E-state index is 13.0. The van der Waals surface area contributed by atoms with Crippen molar-refractivity contribution in [2.75, 3.05) is 11.9 Å². The number of amides is 2. The predicted molar refractivity (Wildman–Crippen MR) is 130 cm³/mol. The number of aryl methyl sites for hydroxylation is 1. The van der Waals surface area contributed by atoms with E-state index in [0.717, 1.165) is 32.9 Å². The lowest BCUT2D eigenvalue weighted by Gasteiger charge is -2.11. The second-order valence-corrected chi connectivity index (χ2v) is 8.41. The lowest BCUT2D eigenvalue weighted by molar-refractivity contribution is -0.115. The van der Waals surface area contributed by atoms with Crippen molar-refractivity contribution in [3.63, 3.8) is 0 Å². The zero-order valence-electron chi connectivity index (χ0n) is 17.9. The Morgan fingerprint density at radius 2 is 1.50 bits per heavy atom. The van der Waals surface area contributed by atoms with E-state index in [0.29, 0.717) is 10.6 Å². The van der Waals surface area contributed by atoms with Crippen LogP contribution in [-0.4, -0.2) is 23.3 Å². The highest BCUT2D eigenvalue weighted by Crippen LogP contribution is 2.33. The molecule has 4 rings (SSSR count). The van der Waals surface area contributed by atoms with Gasteiger partial charge in [0.15, 0.2) is 0 Å². The first-order valence-corrected chi connectivity index (χ1v) is 11.1. The standard InChI is InChI=1S/C26H23N3O2S/c1-17-10-9-15-21(18(17)2)28-22(30)16-27-25(31)24-23(19-11-5-3-6-12-19)29-26(32-24)20-13-7-4-8-14-20/h3-15H,16H2,1-2H3,(H,27,31)(H,28,30). The van der Waals surface area contributed by atoms with E-state index in [9.17, 15) is 9.59 Å². The highest BCUT2D eigenvalue weighted by Gasteiger charge is 2.21. The van der Waals surface area contributed by atoms with Crippen LogP contribution >= 0.6 is 11.3 Å². The number of hydrogen-bond donors (Lipinski definition) is 2. The van der Waals surface area contributed by atoms with Crippen LogP contribution in [0.3, 0.4) is 0 Å². The number of benzene rings is 3. The first-order valence-electron chi connectivity index (χ1n) is 10.3. The van der Waals surface area contributed by atoms with E-state index in [-0.39, 0.29) is 18.4 Å². The highest BCUT2D eigenvalue weighted by atomic mass is 32.1. The Balaban J connectivity index is 1.54. The molecule has 0 unspecified atom stereocenters. The van der Waals surface area contributed by atoms with Crippen molar-refractivity contribution >= 4 is 28.8 Å². The number of carbonyl (C=O) groups is 2. The maximum atomic E-state index is 13.0. The van der Waals surface area contributed by atoms with Crippen molar-refractivity contribution in [1.82, 2.24) is 10.3 Å². The van der Waals surface area contributed by atoms with Crippen molar-refractivity contribution in [2.45, 2.75) is 13.8 Å². The molecule has 5 nitrogen and oxygen atoms in total. The molecule has 4 aromatic rings. The molecule has 2 amide bonds. The molecule has 1 heterocycles. The number of nitrogens with zero attached hydrogens (tertiary/aromatic N) is 1. The average molecular weight is 442 g/mol. The predicted octanol–water partition coefficient (Wildman–Crippen LogP) is 5.46. The molecule has 0 aliphatic heterocycles. The Labute approximate surface area is 191 Å². The van der Waals surface area contributed by atoms with Crippen LogP contribution in [0.15, 0.2) is 78.9 Å². The van der Waals surface area contributed by atoms with Crippen LogP contribution in [0.1, 0.15) is 20.8 Å². The number of nitrogens with one attached hydrogen (secondary N) is 2. The molecule has 1 aromatic heterocycles. The van der Waals surface area contributed by atoms with Gasteiger partial charge in [0.2, 0.25) is 5.91 Å². The minimum Gasteiger partial charge on any atom is -0.342 e. The molecule has 0 radical (unpaired) electrons. The molecule has 0 atom stereocenters. The summed E-state index contributed by atoms with van der Waals surface area (Å²) in [6.45, 7) is 3.82. The van der Waals surface area contributed by atoms with E-state index in [1.54, 1.807) is 0 Å². The molecule has 0 aliphatic carbocycles. The molecular formula is C26H23N3O2S. The number of anilines is 1. The van der Waals surface area contributed by atoms with Gasteiger partial charge in [-0.2, -0.15) is 0 Å². The van der Waals surface area contributed by atoms with Gasteiger partial charge in [-0.1, -0.05) is 72.8 Å². The summed E-state index contributed by atoms with van der Waals surface area (Å²) in [4.78, 5) is 30.7. The molecule has 0 saturated heterocycles. The first-order chi connectivity index (χ1) is 15.5. The third-order valence-corrected chi connectivity index (χ3v) is 6.29. The SMILES string of the molecule is Cc1cccc(NC(=O)CNC(=O)c2sc(-c3ccccc3)nc2-c2ccccc2)c1C. The fraction of sp³-hybridized carbons (Fsp3) is 0.115. The molecule has 32 heavy (non-hydrogen) atoms. The number of carbonyl (C=O) groups excluding carboxylic acids is 2. The molecule has 3 aromatic carbocycles. The molecule has 6 heteroatoms. The van der Waals surface area contributed by atoms with Crippen molar-refractivity contribution in [3.05, 3.63) is 94.9 Å². The second kappa shape index (κ2) is 9.58. The molecule has 0 saturated carbocycles. The third-order valence-electron chi connectivity index (χ3n) is 5.19. The van der Waals surface area contributed by atoms with E-state index in [4.69, 9.17) is 4.98 Å². The summed E-state index contributed by atoms with van der Waals surface area (Å²) in [5.74, 6) is -0.597. The Kier molecular flexibility index (Phi) is 6.42. The Bertz CT molecular complexity index is 1250. The molecule has 0 bridgehead atoms. The Hall–Kier alpha value is -3.77. The average Bonchev–Trinajstić information content (AvgIpc) is 3.27. The van der Waals surface area contributed by atoms with Gasteiger partial charge in [-0.15, -0.1) is 11.3 Å². The van der Waals surface area contributed by atoms with Crippen molar-refractivity contribution in [3.8, 4) is 21.8 Å². The molecule has 0 fully saturated rings. The van der Waals surface area contributed by atoms with E-state index in [2.05, 4.69) is 10.6 Å². The number of rotatable bonds is 6. The fourth-order valence-electron chi connectivity index (χ4n) is 3.29. The third kappa shape index (κ3) is 4.76. The van der Waals surface area contributed by atoms with Gasteiger partial charge < -0.3 is 10.6 Å². The van der Waals surface area contributed by atoms with E-state index < -0.39 is 0 Å². The van der Waals surface area contributed by atoms with Gasteiger partial charge in [0.25, 0.3) is 5.91 Å². The lowest BCUT2D eigenvalue weighted by Crippen LogP contribution is -2.32. The van der Waals surface area contributed by atoms with Crippen molar-refractivity contribution < 1.29 is 9.59 Å². The van der Waals surface area contributed by atoms with Crippen LogP contribution in [0.25, 0.3) is 21.8 Å². The normalized spacial score (nSPS) is 10.6. The zero-order chi connectivity index (χ0) is 22.5. The van der Waals surface area contributed by atoms with Crippen LogP contribution in [0.2, 0.25) is 0 Å². The molecule has 0 aliphatic rings. The summed E-state index contributed by atoms with van der Waals surface area (Å²) in [5, 5.41) is 6.38. The molecule has 160 valence electrons. The van der Waals surface area contributed by atoms with Gasteiger partial charge >= 0.3 is 0 Å². The first kappa shape index (κ1) is 21.5. The summed E-state index contributed by atoms with van der Waals surface area (Å²) in [7, 11) is 0. The van der Waals surface area contributed by atoms with Crippen LogP contribution < -0.4 is 10.6 Å². The number of hydrogen-bond acceptors (Lipinski definition) is 4. The van der Waals surface area contributed by atoms with E-state index in [1.807, 2.05) is 92.7 Å². The van der Waals surface area contributed by atoms with Gasteiger partial charge in [0.1, 0.15) is 9.88 Å². The number of thiazole rings is 1. The second-order valence-electron chi connectivity index (χ2n) is 7.41. The summed E-state index contributed by atoms with van der Waals surface area (Å²) >= 11 is 1.32. The summed E-state index contributed by atoms with van der Waals surface area (Å²) < 4.78 is 0. The monoisotopic (exact) mass is 441 g/mol. The minimum atomic E-state index is -0.320. The molecular weight excluding hydrogens is 418 g/mol. The Morgan fingerprint density at radius 3 is 2.19 bits per heavy atom. The van der Waals surface area contributed by atoms with Crippen LogP contribution in [0.5, 0.6) is 0 Å². The van der Waals surface area contributed by atoms with Crippen molar-refractivity contribution in [2.24, 2.45) is 0 Å². The van der Waals surface area contributed by atoms with Gasteiger partial charge in [0.05, 0.1) is 12.2 Å². The van der Waals surface area contributed by atoms with Crippen LogP contribution in [0, 0.1) is 13.8 Å². The van der Waals surface area contributed by atoms with E-state index >= 15 is 0 Å². The fourth-order valence-corrected chi connectivity index (χ4v) is 4.30. The molecule has 0 spiro atoms. The van der Waals surface area contributed by atoms with Crippen molar-refractivity contribution in [1.29, 1.82) is 0 Å². The largest absolute Gasteiger partial charge is 0.342 e. The van der Waals surface area contributed by atoms with Gasteiger partial charge in [-0.3, -0.25) is 9.59 Å². The molecule has 2 N–H and O–H groups in total. The smallest absolute Gasteiger partial charge is 0.264 e. The topological polar surface area (TPSA) is 71.1 Å². The van der Waals surface area contributed by atoms with Gasteiger partial charge in [-0.25, -0.2) is 4.98 Å². The highest BCUT2D eigenvalue weighted by molar-refractivity contribution is 7.17. The van der Waals surface area contributed by atoms with E-state index in [1.165, 1.54) is 11.3 Å². The van der Waals surface area contributed by atoms with Gasteiger partial charge in [-0.05, 0) is 31.0 Å². The summed E-state index contributed by atoms with van der Waals surface area (Å²) in [6.07, 6.45) is 0. The maximum Gasteiger partial charge on any atom is 0.264 e. The van der Waals surface area contributed by atoms with Crippen LogP contribution in [-0.2, 0) is 4.79 Å². The summed E-state index contributed by atoms with van der Waals surface area (Å²) in [6, 6.07) is 25.1. The number of aromatic nitrogens is 1. The Morgan fingerprint density at radius 1 is 0.844 bits per heavy atom. The van der Waals surface area contributed by atoms with Gasteiger partial charge in [0, 0.05) is 16.8 Å². The zero-order valence-corrected chi connectivity index (χ0v) is 18.7.